The zero-order valence-electron chi connectivity index (χ0n) is 20.3. The summed E-state index contributed by atoms with van der Waals surface area (Å²) in [5, 5.41) is 24.8. The molecule has 5 nitrogen and oxygen atoms in total. The van der Waals surface area contributed by atoms with Crippen molar-refractivity contribution in [2.45, 2.75) is 57.2 Å². The molecule has 36 heavy (non-hydrogen) atoms. The molecule has 0 aliphatic heterocycles. The fraction of sp³-hybridized carbons (Fsp3) is 0.345. The molecule has 3 aromatic rings. The second-order valence-corrected chi connectivity index (χ2v) is 9.34. The van der Waals surface area contributed by atoms with Gasteiger partial charge in [0, 0.05) is 24.3 Å². The van der Waals surface area contributed by atoms with Gasteiger partial charge in [0.2, 0.25) is 0 Å². The zero-order valence-corrected chi connectivity index (χ0v) is 20.3. The van der Waals surface area contributed by atoms with E-state index >= 15 is 0 Å². The van der Waals surface area contributed by atoms with E-state index in [1.165, 1.54) is 28.8 Å². The molecular formula is C29H32F2N2O3. The minimum atomic E-state index is -1.25. The highest BCUT2D eigenvalue weighted by Gasteiger charge is 2.32. The van der Waals surface area contributed by atoms with Gasteiger partial charge in [-0.15, -0.1) is 0 Å². The summed E-state index contributed by atoms with van der Waals surface area (Å²) in [6.07, 6.45) is 1.43. The summed E-state index contributed by atoms with van der Waals surface area (Å²) in [4.78, 5) is 13.4. The van der Waals surface area contributed by atoms with Crippen molar-refractivity contribution in [3.8, 4) is 0 Å². The largest absolute Gasteiger partial charge is 0.465 e. The molecule has 0 saturated carbocycles. The van der Waals surface area contributed by atoms with Gasteiger partial charge in [-0.25, -0.2) is 13.6 Å². The molecule has 1 aliphatic carbocycles. The summed E-state index contributed by atoms with van der Waals surface area (Å²) in [5.41, 5.74) is 4.40. The molecule has 0 aromatic heterocycles. The van der Waals surface area contributed by atoms with Crippen molar-refractivity contribution < 1.29 is 23.8 Å². The zero-order chi connectivity index (χ0) is 25.7. The van der Waals surface area contributed by atoms with Crippen LogP contribution in [0.2, 0.25) is 0 Å². The molecule has 0 spiro atoms. The lowest BCUT2D eigenvalue weighted by Crippen LogP contribution is -2.51. The molecule has 1 amide bonds. The standard InChI is InChI=1S/C29H32F2N2O3/c1-2-19-11-12-21-7-6-10-26(25(21)15-19)32-18-28(34)27(16-20-13-22(30)17-23(31)14-20)33(29(35)36)24-8-4-3-5-9-24/h3-5,8-9,11-15,17,26-28,32,34H,2,6-7,10,16,18H2,1H3,(H,35,36)/t26-,27-,28-/m0/s1. The Labute approximate surface area is 210 Å². The number of anilines is 1. The summed E-state index contributed by atoms with van der Waals surface area (Å²) in [5.74, 6) is -1.49. The lowest BCUT2D eigenvalue weighted by molar-refractivity contribution is 0.127. The molecule has 4 rings (SSSR count). The average molecular weight is 495 g/mol. The minimum absolute atomic E-state index is 0.0390. The number of amides is 1. The van der Waals surface area contributed by atoms with Crippen LogP contribution in [0.3, 0.4) is 0 Å². The van der Waals surface area contributed by atoms with E-state index in [0.717, 1.165) is 36.6 Å². The number of fused-ring (bicyclic) bond motifs is 1. The number of halogens is 2. The van der Waals surface area contributed by atoms with Crippen LogP contribution < -0.4 is 10.2 Å². The van der Waals surface area contributed by atoms with Crippen LogP contribution in [-0.4, -0.2) is 35.0 Å². The SMILES string of the molecule is CCc1ccc2c(c1)[C@@H](NC[C@H](O)[C@H](Cc1cc(F)cc(F)c1)N(C(=O)O)c1ccccc1)CCC2. The van der Waals surface area contributed by atoms with Gasteiger partial charge in [-0.05, 0) is 78.6 Å². The van der Waals surface area contributed by atoms with Crippen LogP contribution in [-0.2, 0) is 19.3 Å². The summed E-state index contributed by atoms with van der Waals surface area (Å²) in [6.45, 7) is 2.24. The molecule has 0 saturated heterocycles. The highest BCUT2D eigenvalue weighted by atomic mass is 19.1. The first-order valence-electron chi connectivity index (χ1n) is 12.4. The van der Waals surface area contributed by atoms with Crippen molar-refractivity contribution in [1.29, 1.82) is 0 Å². The third-order valence-electron chi connectivity index (χ3n) is 6.89. The van der Waals surface area contributed by atoms with E-state index in [0.29, 0.717) is 5.69 Å². The topological polar surface area (TPSA) is 72.8 Å². The van der Waals surface area contributed by atoms with Crippen molar-refractivity contribution >= 4 is 11.8 Å². The van der Waals surface area contributed by atoms with Crippen molar-refractivity contribution in [2.75, 3.05) is 11.4 Å². The monoisotopic (exact) mass is 494 g/mol. The lowest BCUT2D eigenvalue weighted by Gasteiger charge is -2.35. The Kier molecular flexibility index (Phi) is 8.33. The van der Waals surface area contributed by atoms with Crippen LogP contribution in [0.1, 0.15) is 48.1 Å². The van der Waals surface area contributed by atoms with E-state index in [1.54, 1.807) is 30.3 Å². The van der Waals surface area contributed by atoms with Gasteiger partial charge < -0.3 is 15.5 Å². The number of carboxylic acid groups (broad SMARTS) is 1. The molecule has 0 fully saturated rings. The number of hydrogen-bond acceptors (Lipinski definition) is 3. The number of rotatable bonds is 9. The molecule has 1 aliphatic rings. The molecule has 0 bridgehead atoms. The van der Waals surface area contributed by atoms with Crippen LogP contribution in [0.5, 0.6) is 0 Å². The van der Waals surface area contributed by atoms with E-state index < -0.39 is 29.9 Å². The normalized spacial score (nSPS) is 16.7. The predicted octanol–water partition coefficient (Wildman–Crippen LogP) is 5.65. The fourth-order valence-corrected chi connectivity index (χ4v) is 5.08. The van der Waals surface area contributed by atoms with Gasteiger partial charge in [-0.3, -0.25) is 4.90 Å². The van der Waals surface area contributed by atoms with Crippen LogP contribution in [0.4, 0.5) is 19.3 Å². The number of nitrogens with zero attached hydrogens (tertiary/aromatic N) is 1. The number of aliphatic hydroxyl groups excluding tert-OH is 1. The van der Waals surface area contributed by atoms with Crippen molar-refractivity contribution in [3.63, 3.8) is 0 Å². The Balaban J connectivity index is 1.60. The first-order chi connectivity index (χ1) is 17.4. The molecule has 3 N–H and O–H groups in total. The van der Waals surface area contributed by atoms with Gasteiger partial charge >= 0.3 is 6.09 Å². The third-order valence-corrected chi connectivity index (χ3v) is 6.89. The van der Waals surface area contributed by atoms with Gasteiger partial charge in [-0.1, -0.05) is 43.3 Å². The van der Waals surface area contributed by atoms with E-state index in [2.05, 4.69) is 30.4 Å². The van der Waals surface area contributed by atoms with Crippen LogP contribution in [0.15, 0.2) is 66.7 Å². The van der Waals surface area contributed by atoms with E-state index in [9.17, 15) is 23.8 Å². The highest BCUT2D eigenvalue weighted by Crippen LogP contribution is 2.31. The number of nitrogens with one attached hydrogen (secondary N) is 1. The van der Waals surface area contributed by atoms with Crippen LogP contribution >= 0.6 is 0 Å². The number of aliphatic hydroxyl groups is 1. The number of aryl methyl sites for hydroxylation is 2. The Morgan fingerprint density at radius 3 is 2.44 bits per heavy atom. The molecule has 0 heterocycles. The predicted molar refractivity (Wildman–Crippen MR) is 136 cm³/mol. The molecule has 190 valence electrons. The maximum atomic E-state index is 13.9. The minimum Gasteiger partial charge on any atom is -0.465 e. The van der Waals surface area contributed by atoms with Gasteiger partial charge in [0.25, 0.3) is 0 Å². The first kappa shape index (κ1) is 25.8. The number of carbonyl (C=O) groups is 1. The Bertz CT molecular complexity index is 1170. The Morgan fingerprint density at radius 1 is 1.06 bits per heavy atom. The quantitative estimate of drug-likeness (QED) is 0.359. The summed E-state index contributed by atoms with van der Waals surface area (Å²) >= 11 is 0. The van der Waals surface area contributed by atoms with Crippen molar-refractivity contribution in [3.05, 3.63) is 101 Å². The fourth-order valence-electron chi connectivity index (χ4n) is 5.08. The van der Waals surface area contributed by atoms with Crippen molar-refractivity contribution in [1.82, 2.24) is 5.32 Å². The second kappa shape index (κ2) is 11.6. The van der Waals surface area contributed by atoms with Gasteiger partial charge in [0.05, 0.1) is 12.1 Å². The first-order valence-corrected chi connectivity index (χ1v) is 12.4. The van der Waals surface area contributed by atoms with Crippen molar-refractivity contribution in [2.24, 2.45) is 0 Å². The maximum absolute atomic E-state index is 13.9. The van der Waals surface area contributed by atoms with Crippen LogP contribution in [0, 0.1) is 11.6 Å². The summed E-state index contributed by atoms with van der Waals surface area (Å²) in [7, 11) is 0. The van der Waals surface area contributed by atoms with E-state index in [4.69, 9.17) is 0 Å². The van der Waals surface area contributed by atoms with Gasteiger partial charge in [-0.2, -0.15) is 0 Å². The summed E-state index contributed by atoms with van der Waals surface area (Å²) < 4.78 is 27.8. The highest BCUT2D eigenvalue weighted by molar-refractivity contribution is 5.87. The molecular weight excluding hydrogens is 462 g/mol. The molecule has 3 atom stereocenters. The summed E-state index contributed by atoms with van der Waals surface area (Å²) in [6, 6.07) is 17.2. The average Bonchev–Trinajstić information content (AvgIpc) is 2.86. The third kappa shape index (κ3) is 6.09. The molecule has 0 unspecified atom stereocenters. The second-order valence-electron chi connectivity index (χ2n) is 9.34. The number of hydrogen-bond donors (Lipinski definition) is 3. The molecule has 7 heteroatoms. The van der Waals surface area contributed by atoms with E-state index in [1.807, 2.05) is 0 Å². The molecule has 3 aromatic carbocycles. The Morgan fingerprint density at radius 2 is 1.78 bits per heavy atom. The number of benzene rings is 3. The van der Waals surface area contributed by atoms with Crippen LogP contribution in [0.25, 0.3) is 0 Å². The maximum Gasteiger partial charge on any atom is 0.412 e. The van der Waals surface area contributed by atoms with Gasteiger partial charge in [0.1, 0.15) is 11.6 Å². The van der Waals surface area contributed by atoms with E-state index in [-0.39, 0.29) is 24.6 Å². The molecule has 0 radical (unpaired) electrons. The Hall–Kier alpha value is -3.29. The van der Waals surface area contributed by atoms with Gasteiger partial charge in [0.15, 0.2) is 0 Å². The lowest BCUT2D eigenvalue weighted by atomic mass is 9.86. The number of para-hydroxylation sites is 1. The smallest absolute Gasteiger partial charge is 0.412 e.